The van der Waals surface area contributed by atoms with Crippen LogP contribution in [0.25, 0.3) is 0 Å². The topological polar surface area (TPSA) is 46.5 Å². The molecule has 1 unspecified atom stereocenters. The zero-order valence-corrected chi connectivity index (χ0v) is 11.9. The molecule has 1 aromatic carbocycles. The lowest BCUT2D eigenvalue weighted by Gasteiger charge is -2.17. The molecule has 0 amide bonds. The van der Waals surface area contributed by atoms with E-state index in [9.17, 15) is 4.79 Å². The SMILES string of the molecule is CCCCCC(C)Oc1ccccc1CCC(=O)O. The highest BCUT2D eigenvalue weighted by Gasteiger charge is 2.09. The van der Waals surface area contributed by atoms with E-state index < -0.39 is 5.97 Å². The first-order valence-corrected chi connectivity index (χ1v) is 7.09. The lowest BCUT2D eigenvalue weighted by Crippen LogP contribution is -2.13. The van der Waals surface area contributed by atoms with Crippen molar-refractivity contribution in [1.29, 1.82) is 0 Å². The summed E-state index contributed by atoms with van der Waals surface area (Å²) in [5.74, 6) is 0.0542. The molecule has 0 heterocycles. The van der Waals surface area contributed by atoms with Gasteiger partial charge in [0.15, 0.2) is 0 Å². The van der Waals surface area contributed by atoms with Gasteiger partial charge in [-0.2, -0.15) is 0 Å². The van der Waals surface area contributed by atoms with E-state index >= 15 is 0 Å². The Labute approximate surface area is 115 Å². The Morgan fingerprint density at radius 2 is 2.05 bits per heavy atom. The molecule has 3 nitrogen and oxygen atoms in total. The summed E-state index contributed by atoms with van der Waals surface area (Å²) in [6.45, 7) is 4.26. The summed E-state index contributed by atoms with van der Waals surface area (Å²) >= 11 is 0. The number of unbranched alkanes of at least 4 members (excludes halogenated alkanes) is 2. The number of carboxylic acid groups (broad SMARTS) is 1. The molecule has 1 N–H and O–H groups in total. The van der Waals surface area contributed by atoms with E-state index in [0.717, 1.165) is 17.7 Å². The second-order valence-electron chi connectivity index (χ2n) is 4.93. The molecular weight excluding hydrogens is 240 g/mol. The average molecular weight is 264 g/mol. The number of hydrogen-bond acceptors (Lipinski definition) is 2. The van der Waals surface area contributed by atoms with E-state index in [0.29, 0.717) is 6.42 Å². The van der Waals surface area contributed by atoms with E-state index in [2.05, 4.69) is 13.8 Å². The highest BCUT2D eigenvalue weighted by Crippen LogP contribution is 2.22. The molecule has 0 saturated heterocycles. The Balaban J connectivity index is 2.53. The molecule has 0 fully saturated rings. The van der Waals surface area contributed by atoms with Gasteiger partial charge in [0.25, 0.3) is 0 Å². The van der Waals surface area contributed by atoms with Crippen LogP contribution >= 0.6 is 0 Å². The van der Waals surface area contributed by atoms with E-state index in [1.165, 1.54) is 19.3 Å². The highest BCUT2D eigenvalue weighted by atomic mass is 16.5. The minimum absolute atomic E-state index is 0.143. The maximum atomic E-state index is 10.6. The first kappa shape index (κ1) is 15.5. The van der Waals surface area contributed by atoms with Crippen LogP contribution < -0.4 is 4.74 Å². The van der Waals surface area contributed by atoms with Gasteiger partial charge >= 0.3 is 5.97 Å². The van der Waals surface area contributed by atoms with Crippen LogP contribution in [0.1, 0.15) is 51.5 Å². The first-order valence-electron chi connectivity index (χ1n) is 7.09. The number of aryl methyl sites for hydroxylation is 1. The maximum absolute atomic E-state index is 10.6. The highest BCUT2D eigenvalue weighted by molar-refractivity contribution is 5.67. The summed E-state index contributed by atoms with van der Waals surface area (Å²) in [7, 11) is 0. The number of aliphatic carboxylic acids is 1. The van der Waals surface area contributed by atoms with Gasteiger partial charge in [-0.05, 0) is 37.8 Å². The van der Waals surface area contributed by atoms with Gasteiger partial charge in [-0.15, -0.1) is 0 Å². The average Bonchev–Trinajstić information content (AvgIpc) is 2.38. The molecule has 0 aliphatic rings. The monoisotopic (exact) mass is 264 g/mol. The van der Waals surface area contributed by atoms with Crippen LogP contribution in [0.5, 0.6) is 5.75 Å². The third kappa shape index (κ3) is 6.27. The van der Waals surface area contributed by atoms with Crippen LogP contribution in [0, 0.1) is 0 Å². The minimum atomic E-state index is -0.772. The molecule has 19 heavy (non-hydrogen) atoms. The van der Waals surface area contributed by atoms with Crippen LogP contribution in [0.3, 0.4) is 0 Å². The van der Waals surface area contributed by atoms with Crippen molar-refractivity contribution >= 4 is 5.97 Å². The predicted molar refractivity (Wildman–Crippen MR) is 76.6 cm³/mol. The second kappa shape index (κ2) is 8.57. The number of carboxylic acids is 1. The van der Waals surface area contributed by atoms with Crippen molar-refractivity contribution in [2.75, 3.05) is 0 Å². The lowest BCUT2D eigenvalue weighted by molar-refractivity contribution is -0.136. The number of ether oxygens (including phenoxy) is 1. The van der Waals surface area contributed by atoms with Crippen LogP contribution in [0.2, 0.25) is 0 Å². The first-order chi connectivity index (χ1) is 9.13. The standard InChI is InChI=1S/C16H24O3/c1-3-4-5-8-13(2)19-15-10-7-6-9-14(15)11-12-16(17)18/h6-7,9-10,13H,3-5,8,11-12H2,1-2H3,(H,17,18). The fraction of sp³-hybridized carbons (Fsp3) is 0.562. The quantitative estimate of drug-likeness (QED) is 0.684. The van der Waals surface area contributed by atoms with Crippen LogP contribution in [0.4, 0.5) is 0 Å². The third-order valence-corrected chi connectivity index (χ3v) is 3.12. The van der Waals surface area contributed by atoms with Gasteiger partial charge in [0, 0.05) is 6.42 Å². The molecule has 0 spiro atoms. The van der Waals surface area contributed by atoms with Crippen molar-refractivity contribution < 1.29 is 14.6 Å². The number of para-hydroxylation sites is 1. The van der Waals surface area contributed by atoms with Gasteiger partial charge < -0.3 is 9.84 Å². The summed E-state index contributed by atoms with van der Waals surface area (Å²) in [4.78, 5) is 10.6. The summed E-state index contributed by atoms with van der Waals surface area (Å²) in [6, 6.07) is 7.72. The molecule has 0 aliphatic heterocycles. The van der Waals surface area contributed by atoms with Crippen molar-refractivity contribution in [3.05, 3.63) is 29.8 Å². The number of rotatable bonds is 9. The summed E-state index contributed by atoms with van der Waals surface area (Å²) in [5, 5.41) is 8.75. The van der Waals surface area contributed by atoms with Crippen LogP contribution in [-0.2, 0) is 11.2 Å². The summed E-state index contributed by atoms with van der Waals surface area (Å²) in [6.07, 6.45) is 5.50. The smallest absolute Gasteiger partial charge is 0.303 e. The molecule has 106 valence electrons. The number of carbonyl (C=O) groups is 1. The Morgan fingerprint density at radius 1 is 1.32 bits per heavy atom. The van der Waals surface area contributed by atoms with E-state index in [1.807, 2.05) is 24.3 Å². The molecule has 3 heteroatoms. The molecule has 0 aliphatic carbocycles. The summed E-state index contributed by atoms with van der Waals surface area (Å²) < 4.78 is 5.93. The zero-order valence-electron chi connectivity index (χ0n) is 11.9. The van der Waals surface area contributed by atoms with Crippen LogP contribution in [0.15, 0.2) is 24.3 Å². The predicted octanol–water partition coefficient (Wildman–Crippen LogP) is 4.05. The molecular formula is C16H24O3. The molecule has 1 rings (SSSR count). The molecule has 0 aromatic heterocycles. The van der Waals surface area contributed by atoms with Crippen molar-refractivity contribution in [1.82, 2.24) is 0 Å². The lowest BCUT2D eigenvalue weighted by atomic mass is 10.1. The number of hydrogen-bond donors (Lipinski definition) is 1. The van der Waals surface area contributed by atoms with E-state index in [1.54, 1.807) is 0 Å². The largest absolute Gasteiger partial charge is 0.490 e. The normalized spacial score (nSPS) is 12.1. The minimum Gasteiger partial charge on any atom is -0.490 e. The van der Waals surface area contributed by atoms with Crippen molar-refractivity contribution in [2.45, 2.75) is 58.5 Å². The molecule has 0 bridgehead atoms. The zero-order chi connectivity index (χ0) is 14.1. The Bertz CT molecular complexity index is 387. The molecule has 1 atom stereocenters. The number of benzene rings is 1. The van der Waals surface area contributed by atoms with Crippen molar-refractivity contribution in [2.24, 2.45) is 0 Å². The van der Waals surface area contributed by atoms with Crippen molar-refractivity contribution in [3.63, 3.8) is 0 Å². The van der Waals surface area contributed by atoms with Gasteiger partial charge in [-0.1, -0.05) is 38.0 Å². The third-order valence-electron chi connectivity index (χ3n) is 3.12. The van der Waals surface area contributed by atoms with E-state index in [-0.39, 0.29) is 12.5 Å². The summed E-state index contributed by atoms with van der Waals surface area (Å²) in [5.41, 5.74) is 0.979. The van der Waals surface area contributed by atoms with Gasteiger partial charge in [0.2, 0.25) is 0 Å². The maximum Gasteiger partial charge on any atom is 0.303 e. The van der Waals surface area contributed by atoms with E-state index in [4.69, 9.17) is 9.84 Å². The molecule has 0 saturated carbocycles. The Hall–Kier alpha value is -1.51. The van der Waals surface area contributed by atoms with Crippen LogP contribution in [-0.4, -0.2) is 17.2 Å². The molecule has 1 aromatic rings. The Kier molecular flexibility index (Phi) is 7.01. The van der Waals surface area contributed by atoms with Gasteiger partial charge in [0.05, 0.1) is 6.10 Å². The fourth-order valence-corrected chi connectivity index (χ4v) is 2.02. The second-order valence-corrected chi connectivity index (χ2v) is 4.93. The van der Waals surface area contributed by atoms with Gasteiger partial charge in [0.1, 0.15) is 5.75 Å². The van der Waals surface area contributed by atoms with Crippen molar-refractivity contribution in [3.8, 4) is 5.75 Å². The Morgan fingerprint density at radius 3 is 2.74 bits per heavy atom. The van der Waals surface area contributed by atoms with Gasteiger partial charge in [-0.3, -0.25) is 4.79 Å². The van der Waals surface area contributed by atoms with Gasteiger partial charge in [-0.25, -0.2) is 0 Å². The fourth-order valence-electron chi connectivity index (χ4n) is 2.02. The molecule has 0 radical (unpaired) electrons.